The Morgan fingerprint density at radius 3 is 2.45 bits per heavy atom. The number of amides is 4. The zero-order valence-electron chi connectivity index (χ0n) is 20.3. The van der Waals surface area contributed by atoms with Crippen LogP contribution in [0.2, 0.25) is 5.82 Å². The van der Waals surface area contributed by atoms with Crippen molar-refractivity contribution in [2.75, 3.05) is 19.6 Å². The van der Waals surface area contributed by atoms with E-state index in [-0.39, 0.29) is 42.9 Å². The minimum Gasteiger partial charge on any atom is -0.535 e. The Bertz CT molecular complexity index is 1160. The largest absolute Gasteiger partial charge is 0.535 e. The number of nitrogens with one attached hydrogen (secondary N) is 1. The second-order valence-corrected chi connectivity index (χ2v) is 8.95. The molecule has 12 nitrogen and oxygen atoms in total. The number of carboxylic acid groups (broad SMARTS) is 1. The maximum atomic E-state index is 13.4. The maximum Gasteiger partial charge on any atom is 0.526 e. The van der Waals surface area contributed by atoms with Gasteiger partial charge in [-0.25, -0.2) is 9.59 Å². The highest BCUT2D eigenvalue weighted by Crippen LogP contribution is 2.38. The average molecular weight is 543 g/mol. The summed E-state index contributed by atoms with van der Waals surface area (Å²) in [5.74, 6) is -6.31. The Morgan fingerprint density at radius 1 is 1.21 bits per heavy atom. The molecule has 0 bridgehead atoms. The van der Waals surface area contributed by atoms with Crippen molar-refractivity contribution in [3.05, 3.63) is 28.8 Å². The van der Waals surface area contributed by atoms with Gasteiger partial charge in [-0.15, -0.1) is 0 Å². The van der Waals surface area contributed by atoms with Gasteiger partial charge in [0.1, 0.15) is 17.4 Å². The zero-order valence-corrected chi connectivity index (χ0v) is 20.3. The van der Waals surface area contributed by atoms with Crippen LogP contribution >= 0.6 is 0 Å². The normalized spacial score (nSPS) is 19.4. The van der Waals surface area contributed by atoms with Crippen molar-refractivity contribution < 1.29 is 57.0 Å². The van der Waals surface area contributed by atoms with Crippen LogP contribution in [-0.4, -0.2) is 99.7 Å². The lowest BCUT2D eigenvalue weighted by Crippen LogP contribution is -2.62. The van der Waals surface area contributed by atoms with E-state index in [1.807, 2.05) is 0 Å². The lowest BCUT2D eigenvalue weighted by atomic mass is 9.64. The number of carboxylic acids is 1. The first kappa shape index (κ1) is 28.9. The molecule has 4 N–H and O–H groups in total. The number of hydrogen-bond acceptors (Lipinski definition) is 8. The number of fused-ring (bicyclic) bond motifs is 1. The molecule has 0 saturated carbocycles. The molecule has 4 amide bonds. The molecule has 0 unspecified atom stereocenters. The van der Waals surface area contributed by atoms with E-state index in [2.05, 4.69) is 0 Å². The first-order valence-corrected chi connectivity index (χ1v) is 11.6. The van der Waals surface area contributed by atoms with Crippen LogP contribution in [0.25, 0.3) is 0 Å². The minimum absolute atomic E-state index is 0.0717. The van der Waals surface area contributed by atoms with E-state index in [0.717, 1.165) is 4.90 Å². The highest BCUT2D eigenvalue weighted by atomic mass is 19.4. The van der Waals surface area contributed by atoms with Crippen LogP contribution in [0.4, 0.5) is 18.0 Å². The Morgan fingerprint density at radius 2 is 1.87 bits per heavy atom. The minimum atomic E-state index is -5.35. The molecule has 1 fully saturated rings. The molecule has 0 spiro atoms. The molecule has 38 heavy (non-hydrogen) atoms. The molecule has 2 aliphatic rings. The standard InChI is InChI=1S/C22H25BF3N3O9/c1-3-28-6-7-29(19(33)18(28)32)21(36)27-15(17(31)22(24,25)26)13(30)9-12-8-11-5-4-10(2)14(20(34)35)16(11)38-23(12)37/h4-5,12,15,17,31,37H,3,6-9H2,1-2H3,(H,27,36)(H,34,35)/t12-,15-,17+/m1/s1. The monoisotopic (exact) mass is 543 g/mol. The number of aryl methyl sites for hydroxylation is 1. The van der Waals surface area contributed by atoms with E-state index >= 15 is 0 Å². The molecular weight excluding hydrogens is 518 g/mol. The molecule has 1 aromatic rings. The maximum absolute atomic E-state index is 13.4. The van der Waals surface area contributed by atoms with E-state index in [4.69, 9.17) is 4.65 Å². The first-order valence-electron chi connectivity index (χ1n) is 11.6. The molecule has 3 rings (SSSR count). The number of carbonyl (C=O) groups is 5. The third-order valence-corrected chi connectivity index (χ3v) is 6.46. The average Bonchev–Trinajstić information content (AvgIpc) is 2.83. The predicted octanol–water partition coefficient (Wildman–Crippen LogP) is 0.130. The van der Waals surface area contributed by atoms with Crippen LogP contribution in [-0.2, 0) is 20.8 Å². The molecule has 0 aliphatic carbocycles. The summed E-state index contributed by atoms with van der Waals surface area (Å²) in [6.45, 7) is 2.83. The Labute approximate surface area is 214 Å². The summed E-state index contributed by atoms with van der Waals surface area (Å²) < 4.78 is 45.4. The van der Waals surface area contributed by atoms with Gasteiger partial charge in [0.25, 0.3) is 0 Å². The number of alkyl halides is 3. The van der Waals surface area contributed by atoms with Crippen molar-refractivity contribution in [2.24, 2.45) is 0 Å². The fourth-order valence-electron chi connectivity index (χ4n) is 4.35. The van der Waals surface area contributed by atoms with Gasteiger partial charge in [0.15, 0.2) is 11.9 Å². The number of ketones is 1. The van der Waals surface area contributed by atoms with Gasteiger partial charge in [0.2, 0.25) is 0 Å². The summed E-state index contributed by atoms with van der Waals surface area (Å²) in [5.41, 5.74) is 0.402. The predicted molar refractivity (Wildman–Crippen MR) is 122 cm³/mol. The molecule has 2 heterocycles. The number of imide groups is 1. The van der Waals surface area contributed by atoms with Gasteiger partial charge in [-0.05, 0) is 31.4 Å². The molecular formula is C22H25BF3N3O9. The molecule has 0 aromatic heterocycles. The number of urea groups is 1. The summed E-state index contributed by atoms with van der Waals surface area (Å²) in [5, 5.41) is 31.4. The van der Waals surface area contributed by atoms with Gasteiger partial charge in [-0.2, -0.15) is 13.2 Å². The summed E-state index contributed by atoms with van der Waals surface area (Å²) in [4.78, 5) is 62.9. The van der Waals surface area contributed by atoms with Crippen LogP contribution in [0.3, 0.4) is 0 Å². The first-order chi connectivity index (χ1) is 17.7. The fourth-order valence-corrected chi connectivity index (χ4v) is 4.35. The van der Waals surface area contributed by atoms with E-state index in [1.165, 1.54) is 19.1 Å². The number of Topliss-reactive ketones (excluding diaryl/α,β-unsaturated/α-hetero) is 1. The van der Waals surface area contributed by atoms with Crippen LogP contribution < -0.4 is 9.97 Å². The number of likely N-dealkylation sites (N-methyl/N-ethyl adjacent to an activating group) is 1. The number of benzene rings is 1. The molecule has 2 aliphatic heterocycles. The van der Waals surface area contributed by atoms with E-state index < -0.39 is 67.3 Å². The molecule has 1 aromatic carbocycles. The van der Waals surface area contributed by atoms with Crippen LogP contribution in [0.15, 0.2) is 12.1 Å². The van der Waals surface area contributed by atoms with Crippen molar-refractivity contribution >= 4 is 36.7 Å². The van der Waals surface area contributed by atoms with Crippen LogP contribution in [0.5, 0.6) is 5.75 Å². The Hall–Kier alpha value is -3.66. The van der Waals surface area contributed by atoms with Gasteiger partial charge < -0.3 is 30.1 Å². The van der Waals surface area contributed by atoms with Crippen LogP contribution in [0.1, 0.15) is 34.8 Å². The molecule has 3 atom stereocenters. The Balaban J connectivity index is 1.81. The van der Waals surface area contributed by atoms with Gasteiger partial charge in [0, 0.05) is 31.9 Å². The van der Waals surface area contributed by atoms with E-state index in [0.29, 0.717) is 10.5 Å². The van der Waals surface area contributed by atoms with Gasteiger partial charge >= 0.3 is 37.1 Å². The summed E-state index contributed by atoms with van der Waals surface area (Å²) in [6, 6.07) is -1.10. The van der Waals surface area contributed by atoms with Crippen molar-refractivity contribution in [1.29, 1.82) is 0 Å². The summed E-state index contributed by atoms with van der Waals surface area (Å²) in [6.07, 6.45) is -9.68. The second-order valence-electron chi connectivity index (χ2n) is 8.95. The molecule has 1 saturated heterocycles. The third-order valence-electron chi connectivity index (χ3n) is 6.46. The topological polar surface area (TPSA) is 174 Å². The van der Waals surface area contributed by atoms with Crippen molar-refractivity contribution in [2.45, 2.75) is 50.8 Å². The fraction of sp³-hybridized carbons (Fsp3) is 0.500. The number of aliphatic hydroxyl groups excluding tert-OH is 1. The molecule has 0 radical (unpaired) electrons. The molecule has 16 heteroatoms. The van der Waals surface area contributed by atoms with E-state index in [1.54, 1.807) is 12.2 Å². The van der Waals surface area contributed by atoms with Gasteiger partial charge in [0.05, 0.1) is 0 Å². The number of aliphatic hydroxyl groups is 1. The lowest BCUT2D eigenvalue weighted by Gasteiger charge is -2.34. The highest BCUT2D eigenvalue weighted by molar-refractivity contribution is 6.47. The van der Waals surface area contributed by atoms with Gasteiger partial charge in [-0.1, -0.05) is 12.1 Å². The van der Waals surface area contributed by atoms with Gasteiger partial charge in [-0.3, -0.25) is 19.3 Å². The summed E-state index contributed by atoms with van der Waals surface area (Å²) >= 11 is 0. The number of hydrogen-bond donors (Lipinski definition) is 4. The number of rotatable bonds is 7. The molecule has 206 valence electrons. The smallest absolute Gasteiger partial charge is 0.526 e. The van der Waals surface area contributed by atoms with Crippen molar-refractivity contribution in [3.8, 4) is 5.75 Å². The van der Waals surface area contributed by atoms with Crippen molar-refractivity contribution in [1.82, 2.24) is 15.1 Å². The zero-order chi connectivity index (χ0) is 28.5. The summed E-state index contributed by atoms with van der Waals surface area (Å²) in [7, 11) is -1.79. The second kappa shape index (κ2) is 11.0. The van der Waals surface area contributed by atoms with Crippen molar-refractivity contribution in [3.63, 3.8) is 0 Å². The number of carbonyl (C=O) groups excluding carboxylic acids is 4. The lowest BCUT2D eigenvalue weighted by molar-refractivity contribution is -0.211. The Kier molecular flexibility index (Phi) is 8.36. The number of halogens is 3. The number of nitrogens with zero attached hydrogens (tertiary/aromatic N) is 2. The highest BCUT2D eigenvalue weighted by Gasteiger charge is 2.49. The number of piperazine rings is 1. The van der Waals surface area contributed by atoms with Crippen LogP contribution in [0, 0.1) is 6.92 Å². The third kappa shape index (κ3) is 5.75. The SMILES string of the molecule is CCN1CCN(C(=O)N[C@H](C(=O)C[C@H]2Cc3ccc(C)c(C(=O)O)c3OB2O)[C@H](O)C(F)(F)F)C(=O)C1=O. The van der Waals surface area contributed by atoms with E-state index in [9.17, 15) is 52.4 Å². The number of aromatic carboxylic acids is 1. The quantitative estimate of drug-likeness (QED) is 0.275.